The molecule has 0 aliphatic carbocycles. The molecule has 6 nitrogen and oxygen atoms in total. The van der Waals surface area contributed by atoms with Gasteiger partial charge in [0.15, 0.2) is 0 Å². The Morgan fingerprint density at radius 2 is 1.85 bits per heavy atom. The van der Waals surface area contributed by atoms with Gasteiger partial charge in [-0.2, -0.15) is 0 Å². The molecule has 1 aromatic carbocycles. The number of nitrogens with one attached hydrogen (secondary N) is 2. The van der Waals surface area contributed by atoms with Crippen LogP contribution in [0.2, 0.25) is 0 Å². The highest BCUT2D eigenvalue weighted by molar-refractivity contribution is 5.92. The molecule has 0 radical (unpaired) electrons. The number of nitrogens with zero attached hydrogens (tertiary/aromatic N) is 2. The first-order valence-electron chi connectivity index (χ1n) is 8.78. The molecule has 0 fully saturated rings. The smallest absolute Gasteiger partial charge is 0.270 e. The zero-order chi connectivity index (χ0) is 19.1. The minimum atomic E-state index is -0.240. The topological polar surface area (TPSA) is 76.1 Å². The van der Waals surface area contributed by atoms with Crippen LogP contribution in [0.1, 0.15) is 30.0 Å². The quantitative estimate of drug-likeness (QED) is 0.666. The highest BCUT2D eigenvalue weighted by atomic mass is 16.5. The summed E-state index contributed by atoms with van der Waals surface area (Å²) in [6.45, 7) is 4.33. The van der Waals surface area contributed by atoms with Crippen LogP contribution < -0.4 is 15.4 Å². The Kier molecular flexibility index (Phi) is 5.99. The van der Waals surface area contributed by atoms with Gasteiger partial charge in [-0.05, 0) is 50.2 Å². The number of para-hydroxylation sites is 2. The molecule has 0 saturated heterocycles. The minimum absolute atomic E-state index is 0.0799. The van der Waals surface area contributed by atoms with Crippen LogP contribution in [0.5, 0.6) is 5.75 Å². The van der Waals surface area contributed by atoms with E-state index >= 15 is 0 Å². The van der Waals surface area contributed by atoms with Crippen molar-refractivity contribution in [3.05, 3.63) is 78.4 Å². The predicted molar refractivity (Wildman–Crippen MR) is 105 cm³/mol. The summed E-state index contributed by atoms with van der Waals surface area (Å²) in [5.74, 6) is 0.528. The normalized spacial score (nSPS) is 10.5. The standard InChI is InChI=1S/C21H22N4O2/c1-15(2)27-20-9-4-3-8-18(20)25-17-10-11-19(23-14-17)21(26)24-13-16-7-5-6-12-22-16/h3-12,14-15,25H,13H2,1-2H3,(H,24,26). The highest BCUT2D eigenvalue weighted by Gasteiger charge is 2.09. The van der Waals surface area contributed by atoms with Crippen LogP contribution >= 0.6 is 0 Å². The second-order valence-electron chi connectivity index (χ2n) is 6.22. The van der Waals surface area contributed by atoms with E-state index in [1.54, 1.807) is 18.5 Å². The Balaban J connectivity index is 1.63. The Hall–Kier alpha value is -3.41. The fourth-order valence-corrected chi connectivity index (χ4v) is 2.45. The molecule has 0 atom stereocenters. The van der Waals surface area contributed by atoms with Crippen molar-refractivity contribution in [3.8, 4) is 5.75 Å². The van der Waals surface area contributed by atoms with Crippen molar-refractivity contribution in [1.82, 2.24) is 15.3 Å². The number of anilines is 2. The molecule has 3 aromatic rings. The molecular weight excluding hydrogens is 340 g/mol. The van der Waals surface area contributed by atoms with Gasteiger partial charge in [0.2, 0.25) is 0 Å². The lowest BCUT2D eigenvalue weighted by Gasteiger charge is -2.15. The third-order valence-corrected chi connectivity index (χ3v) is 3.68. The van der Waals surface area contributed by atoms with Gasteiger partial charge in [0, 0.05) is 6.20 Å². The second-order valence-corrected chi connectivity index (χ2v) is 6.22. The summed E-state index contributed by atoms with van der Waals surface area (Å²) in [5, 5.41) is 6.08. The number of amides is 1. The number of pyridine rings is 2. The fraction of sp³-hybridized carbons (Fsp3) is 0.190. The molecule has 0 spiro atoms. The van der Waals surface area contributed by atoms with Crippen molar-refractivity contribution in [2.75, 3.05) is 5.32 Å². The van der Waals surface area contributed by atoms with Gasteiger partial charge in [0.25, 0.3) is 5.91 Å². The number of hydrogen-bond acceptors (Lipinski definition) is 5. The molecule has 27 heavy (non-hydrogen) atoms. The zero-order valence-corrected chi connectivity index (χ0v) is 15.3. The molecule has 0 unspecified atom stereocenters. The molecule has 1 amide bonds. The van der Waals surface area contributed by atoms with Crippen molar-refractivity contribution in [2.24, 2.45) is 0 Å². The molecular formula is C21H22N4O2. The average Bonchev–Trinajstić information content (AvgIpc) is 2.69. The molecule has 0 saturated carbocycles. The van der Waals surface area contributed by atoms with Crippen molar-refractivity contribution in [1.29, 1.82) is 0 Å². The summed E-state index contributed by atoms with van der Waals surface area (Å²) in [6.07, 6.45) is 3.40. The third-order valence-electron chi connectivity index (χ3n) is 3.68. The minimum Gasteiger partial charge on any atom is -0.489 e. The molecule has 3 rings (SSSR count). The van der Waals surface area contributed by atoms with E-state index in [0.717, 1.165) is 22.8 Å². The summed E-state index contributed by atoms with van der Waals surface area (Å²) in [5.41, 5.74) is 2.77. The Bertz CT molecular complexity index is 880. The van der Waals surface area contributed by atoms with Gasteiger partial charge in [0.05, 0.1) is 35.9 Å². The number of aromatic nitrogens is 2. The number of rotatable bonds is 7. The zero-order valence-electron chi connectivity index (χ0n) is 15.3. The lowest BCUT2D eigenvalue weighted by atomic mass is 10.2. The maximum absolute atomic E-state index is 12.2. The van der Waals surface area contributed by atoms with E-state index in [2.05, 4.69) is 20.6 Å². The third kappa shape index (κ3) is 5.28. The maximum Gasteiger partial charge on any atom is 0.270 e. The molecule has 2 heterocycles. The number of ether oxygens (including phenoxy) is 1. The maximum atomic E-state index is 12.2. The highest BCUT2D eigenvalue weighted by Crippen LogP contribution is 2.28. The van der Waals surface area contributed by atoms with E-state index in [9.17, 15) is 4.79 Å². The van der Waals surface area contributed by atoms with Crippen LogP contribution in [-0.4, -0.2) is 22.0 Å². The lowest BCUT2D eigenvalue weighted by molar-refractivity contribution is 0.0945. The molecule has 2 aromatic heterocycles. The van der Waals surface area contributed by atoms with E-state index in [1.807, 2.05) is 62.4 Å². The van der Waals surface area contributed by atoms with Crippen LogP contribution in [0, 0.1) is 0 Å². The van der Waals surface area contributed by atoms with Gasteiger partial charge in [-0.3, -0.25) is 9.78 Å². The first-order valence-corrected chi connectivity index (χ1v) is 8.78. The van der Waals surface area contributed by atoms with Crippen molar-refractivity contribution in [3.63, 3.8) is 0 Å². The van der Waals surface area contributed by atoms with Crippen LogP contribution in [-0.2, 0) is 6.54 Å². The van der Waals surface area contributed by atoms with E-state index in [1.165, 1.54) is 0 Å². The number of carbonyl (C=O) groups is 1. The predicted octanol–water partition coefficient (Wildman–Crippen LogP) is 3.94. The van der Waals surface area contributed by atoms with Gasteiger partial charge in [-0.25, -0.2) is 4.98 Å². The van der Waals surface area contributed by atoms with Crippen molar-refractivity contribution in [2.45, 2.75) is 26.5 Å². The molecule has 0 aliphatic rings. The summed E-state index contributed by atoms with van der Waals surface area (Å²) in [4.78, 5) is 20.6. The second kappa shape index (κ2) is 8.80. The largest absolute Gasteiger partial charge is 0.489 e. The monoisotopic (exact) mass is 362 g/mol. The SMILES string of the molecule is CC(C)Oc1ccccc1Nc1ccc(C(=O)NCc2ccccn2)nc1. The fourth-order valence-electron chi connectivity index (χ4n) is 2.45. The molecule has 0 bridgehead atoms. The van der Waals surface area contributed by atoms with Gasteiger partial charge in [0.1, 0.15) is 11.4 Å². The van der Waals surface area contributed by atoms with Crippen LogP contribution in [0.3, 0.4) is 0 Å². The summed E-state index contributed by atoms with van der Waals surface area (Å²) >= 11 is 0. The number of benzene rings is 1. The number of hydrogen-bond donors (Lipinski definition) is 2. The molecule has 6 heteroatoms. The summed E-state index contributed by atoms with van der Waals surface area (Å²) in [7, 11) is 0. The first-order chi connectivity index (χ1) is 13.1. The van der Waals surface area contributed by atoms with Crippen LogP contribution in [0.4, 0.5) is 11.4 Å². The van der Waals surface area contributed by atoms with Gasteiger partial charge in [-0.15, -0.1) is 0 Å². The van der Waals surface area contributed by atoms with E-state index in [-0.39, 0.29) is 12.0 Å². The van der Waals surface area contributed by atoms with E-state index in [0.29, 0.717) is 12.2 Å². The molecule has 138 valence electrons. The summed E-state index contributed by atoms with van der Waals surface area (Å²) in [6, 6.07) is 16.8. The number of carbonyl (C=O) groups excluding carboxylic acids is 1. The van der Waals surface area contributed by atoms with Gasteiger partial charge >= 0.3 is 0 Å². The molecule has 0 aliphatic heterocycles. The van der Waals surface area contributed by atoms with Crippen molar-refractivity contribution < 1.29 is 9.53 Å². The van der Waals surface area contributed by atoms with Crippen molar-refractivity contribution >= 4 is 17.3 Å². The van der Waals surface area contributed by atoms with E-state index in [4.69, 9.17) is 4.74 Å². The van der Waals surface area contributed by atoms with Crippen LogP contribution in [0.25, 0.3) is 0 Å². The Labute approximate surface area is 158 Å². The van der Waals surface area contributed by atoms with Gasteiger partial charge < -0.3 is 15.4 Å². The summed E-state index contributed by atoms with van der Waals surface area (Å²) < 4.78 is 5.80. The average molecular weight is 362 g/mol. The van der Waals surface area contributed by atoms with Crippen LogP contribution in [0.15, 0.2) is 67.0 Å². The first kappa shape index (κ1) is 18.4. The molecule has 2 N–H and O–H groups in total. The lowest BCUT2D eigenvalue weighted by Crippen LogP contribution is -2.24. The Morgan fingerprint density at radius 1 is 1.04 bits per heavy atom. The van der Waals surface area contributed by atoms with E-state index < -0.39 is 0 Å². The van der Waals surface area contributed by atoms with Gasteiger partial charge in [-0.1, -0.05) is 18.2 Å². The Morgan fingerprint density at radius 3 is 2.56 bits per heavy atom.